The molecule has 0 radical (unpaired) electrons. The van der Waals surface area contributed by atoms with E-state index in [1.54, 1.807) is 0 Å². The van der Waals surface area contributed by atoms with Crippen LogP contribution in [0.5, 0.6) is 0 Å². The lowest BCUT2D eigenvalue weighted by molar-refractivity contribution is -0.145. The molecule has 0 aromatic heterocycles. The highest BCUT2D eigenvalue weighted by molar-refractivity contribution is 6.36. The zero-order valence-corrected chi connectivity index (χ0v) is 19.0. The van der Waals surface area contributed by atoms with Crippen molar-refractivity contribution in [1.82, 2.24) is 31.1 Å². The Hall–Kier alpha value is -4.32. The molecule has 0 unspecified atom stereocenters. The van der Waals surface area contributed by atoms with Crippen molar-refractivity contribution in [2.75, 3.05) is 65.4 Å². The molecular formula is C18H28N6O12. The molecule has 2 saturated heterocycles. The molecule has 2 rings (SSSR count). The Bertz CT molecular complexity index is 716. The van der Waals surface area contributed by atoms with E-state index in [2.05, 4.69) is 21.3 Å². The Morgan fingerprint density at radius 3 is 0.833 bits per heavy atom. The average molecular weight is 520 g/mol. The van der Waals surface area contributed by atoms with Gasteiger partial charge < -0.3 is 41.7 Å². The second-order valence-electron chi connectivity index (χ2n) is 7.02. The van der Waals surface area contributed by atoms with Crippen molar-refractivity contribution in [2.24, 2.45) is 0 Å². The summed E-state index contributed by atoms with van der Waals surface area (Å²) in [5.41, 5.74) is 0. The molecule has 36 heavy (non-hydrogen) atoms. The van der Waals surface area contributed by atoms with Crippen molar-refractivity contribution in [2.45, 2.75) is 0 Å². The van der Waals surface area contributed by atoms with Gasteiger partial charge in [-0.15, -0.1) is 0 Å². The van der Waals surface area contributed by atoms with E-state index in [1.165, 1.54) is 0 Å². The fourth-order valence-electron chi connectivity index (χ4n) is 2.50. The first-order chi connectivity index (χ1) is 16.8. The van der Waals surface area contributed by atoms with Crippen LogP contribution in [0.2, 0.25) is 0 Å². The van der Waals surface area contributed by atoms with Gasteiger partial charge in [-0.25, -0.2) is 0 Å². The van der Waals surface area contributed by atoms with E-state index >= 15 is 0 Å². The maximum Gasteiger partial charge on any atom is 0.317 e. The van der Waals surface area contributed by atoms with Crippen LogP contribution in [0.15, 0.2) is 0 Å². The number of carboxylic acid groups (broad SMARTS) is 4. The summed E-state index contributed by atoms with van der Waals surface area (Å²) >= 11 is 0. The Morgan fingerprint density at radius 1 is 0.500 bits per heavy atom. The van der Waals surface area contributed by atoms with Gasteiger partial charge in [0.25, 0.3) is 0 Å². The SMILES string of the molecule is O=C(O)CN(CCN(CC(=O)O)CC(=O)O)CC(=O)O.O=C1NCCNC1=O.O=C1NCCNC1=O. The lowest BCUT2D eigenvalue weighted by Crippen LogP contribution is -2.49. The molecule has 0 spiro atoms. The molecule has 2 aliphatic heterocycles. The third kappa shape index (κ3) is 16.3. The van der Waals surface area contributed by atoms with Gasteiger partial charge in [0.05, 0.1) is 26.2 Å². The van der Waals surface area contributed by atoms with Crippen molar-refractivity contribution in [1.29, 1.82) is 0 Å². The molecule has 0 aromatic carbocycles. The predicted octanol–water partition coefficient (Wildman–Crippen LogP) is -5.61. The van der Waals surface area contributed by atoms with E-state index < -0.39 is 73.7 Å². The van der Waals surface area contributed by atoms with Crippen molar-refractivity contribution in [3.63, 3.8) is 0 Å². The summed E-state index contributed by atoms with van der Waals surface area (Å²) in [6.07, 6.45) is 0. The zero-order valence-electron chi connectivity index (χ0n) is 19.0. The minimum atomic E-state index is -1.23. The van der Waals surface area contributed by atoms with Gasteiger partial charge in [0.1, 0.15) is 0 Å². The summed E-state index contributed by atoms with van der Waals surface area (Å²) in [4.78, 5) is 85.4. The van der Waals surface area contributed by atoms with Gasteiger partial charge >= 0.3 is 47.5 Å². The number of amides is 4. The third-order valence-corrected chi connectivity index (χ3v) is 3.97. The van der Waals surface area contributed by atoms with Crippen molar-refractivity contribution >= 4 is 47.5 Å². The smallest absolute Gasteiger partial charge is 0.317 e. The van der Waals surface area contributed by atoms with Crippen LogP contribution in [0.25, 0.3) is 0 Å². The molecule has 0 aliphatic carbocycles. The van der Waals surface area contributed by atoms with Crippen molar-refractivity contribution in [3.05, 3.63) is 0 Å². The summed E-state index contributed by atoms with van der Waals surface area (Å²) in [7, 11) is 0. The number of piperazine rings is 2. The summed E-state index contributed by atoms with van der Waals surface area (Å²) in [6, 6.07) is 0. The number of hydrogen-bond acceptors (Lipinski definition) is 10. The lowest BCUT2D eigenvalue weighted by Gasteiger charge is -2.23. The van der Waals surface area contributed by atoms with Gasteiger partial charge in [0.15, 0.2) is 0 Å². The fraction of sp³-hybridized carbons (Fsp3) is 0.556. The number of aliphatic carboxylic acids is 4. The Balaban J connectivity index is 0.000000616. The normalized spacial score (nSPS) is 14.6. The van der Waals surface area contributed by atoms with Gasteiger partial charge in [-0.05, 0) is 0 Å². The van der Waals surface area contributed by atoms with E-state index in [0.717, 1.165) is 9.80 Å². The second kappa shape index (κ2) is 17.2. The van der Waals surface area contributed by atoms with Gasteiger partial charge in [-0.3, -0.25) is 48.2 Å². The van der Waals surface area contributed by atoms with Crippen LogP contribution >= 0.6 is 0 Å². The monoisotopic (exact) mass is 520 g/mol. The predicted molar refractivity (Wildman–Crippen MR) is 115 cm³/mol. The van der Waals surface area contributed by atoms with E-state index in [0.29, 0.717) is 26.2 Å². The maximum atomic E-state index is 10.6. The molecule has 4 amide bonds. The van der Waals surface area contributed by atoms with E-state index in [4.69, 9.17) is 20.4 Å². The van der Waals surface area contributed by atoms with Crippen LogP contribution in [-0.4, -0.2) is 143 Å². The van der Waals surface area contributed by atoms with Gasteiger partial charge in [0.2, 0.25) is 0 Å². The molecule has 2 aliphatic rings. The Morgan fingerprint density at radius 2 is 0.694 bits per heavy atom. The molecule has 18 nitrogen and oxygen atoms in total. The van der Waals surface area contributed by atoms with E-state index in [9.17, 15) is 38.4 Å². The molecule has 0 atom stereocenters. The molecule has 0 saturated carbocycles. The van der Waals surface area contributed by atoms with Crippen molar-refractivity contribution in [3.8, 4) is 0 Å². The molecule has 202 valence electrons. The summed E-state index contributed by atoms with van der Waals surface area (Å²) in [6.45, 7) is -0.0657. The highest BCUT2D eigenvalue weighted by Gasteiger charge is 2.18. The fourth-order valence-corrected chi connectivity index (χ4v) is 2.50. The number of hydrogen-bond donors (Lipinski definition) is 8. The summed E-state index contributed by atoms with van der Waals surface area (Å²) < 4.78 is 0. The zero-order chi connectivity index (χ0) is 27.7. The highest BCUT2D eigenvalue weighted by atomic mass is 16.4. The first-order valence-corrected chi connectivity index (χ1v) is 10.3. The number of carbonyl (C=O) groups is 8. The molecule has 0 bridgehead atoms. The van der Waals surface area contributed by atoms with Crippen LogP contribution in [0.1, 0.15) is 0 Å². The molecule has 2 fully saturated rings. The Labute approximate surface area is 203 Å². The summed E-state index contributed by atoms with van der Waals surface area (Å²) in [5.74, 6) is -7.04. The molecule has 18 heteroatoms. The quantitative estimate of drug-likeness (QED) is 0.118. The topological polar surface area (TPSA) is 272 Å². The lowest BCUT2D eigenvalue weighted by atomic mass is 10.4. The number of carbonyl (C=O) groups excluding carboxylic acids is 4. The van der Waals surface area contributed by atoms with Crippen LogP contribution in [0.3, 0.4) is 0 Å². The number of carboxylic acids is 4. The van der Waals surface area contributed by atoms with Gasteiger partial charge in [0, 0.05) is 39.3 Å². The first kappa shape index (κ1) is 31.7. The Kier molecular flexibility index (Phi) is 15.1. The first-order valence-electron chi connectivity index (χ1n) is 10.3. The number of nitrogens with one attached hydrogen (secondary N) is 4. The molecule has 2 heterocycles. The second-order valence-corrected chi connectivity index (χ2v) is 7.02. The maximum absolute atomic E-state index is 10.6. The van der Waals surface area contributed by atoms with E-state index in [1.807, 2.05) is 0 Å². The van der Waals surface area contributed by atoms with Gasteiger partial charge in [-0.1, -0.05) is 0 Å². The van der Waals surface area contributed by atoms with Crippen LogP contribution < -0.4 is 21.3 Å². The molecule has 8 N–H and O–H groups in total. The summed E-state index contributed by atoms with van der Waals surface area (Å²) in [5, 5.41) is 44.0. The highest BCUT2D eigenvalue weighted by Crippen LogP contribution is 1.94. The largest absolute Gasteiger partial charge is 0.480 e. The minimum Gasteiger partial charge on any atom is -0.480 e. The van der Waals surface area contributed by atoms with Crippen LogP contribution in [0, 0.1) is 0 Å². The number of rotatable bonds is 11. The van der Waals surface area contributed by atoms with Crippen LogP contribution in [0.4, 0.5) is 0 Å². The van der Waals surface area contributed by atoms with Gasteiger partial charge in [-0.2, -0.15) is 0 Å². The standard InChI is InChI=1S/C10H16N2O8.2C4H6N2O2/c13-7(14)3-11(4-8(15)16)1-2-12(5-9(17)18)6-10(19)20;2*7-3-4(8)6-2-1-5-3/h1-6H2,(H,13,14)(H,15,16)(H,17,18)(H,19,20);2*1-2H2,(H,5,7)(H,6,8). The van der Waals surface area contributed by atoms with Crippen molar-refractivity contribution < 1.29 is 58.8 Å². The minimum absolute atomic E-state index is 0.0703. The number of nitrogens with zero attached hydrogens (tertiary/aromatic N) is 2. The molecule has 0 aromatic rings. The van der Waals surface area contributed by atoms with E-state index in [-0.39, 0.29) is 13.1 Å². The van der Waals surface area contributed by atoms with Crippen LogP contribution in [-0.2, 0) is 38.4 Å². The average Bonchev–Trinajstić information content (AvgIpc) is 2.75. The third-order valence-electron chi connectivity index (χ3n) is 3.97. The molecular weight excluding hydrogens is 492 g/mol.